The Morgan fingerprint density at radius 3 is 2.68 bits per heavy atom. The van der Waals surface area contributed by atoms with Crippen molar-refractivity contribution in [1.82, 2.24) is 19.8 Å². The number of amides is 2. The van der Waals surface area contributed by atoms with Crippen LogP contribution in [0, 0.1) is 17.7 Å². The number of hydrogen-bond donors (Lipinski definition) is 1. The van der Waals surface area contributed by atoms with Crippen molar-refractivity contribution in [3.63, 3.8) is 0 Å². The van der Waals surface area contributed by atoms with Gasteiger partial charge in [0.2, 0.25) is 5.91 Å². The maximum atomic E-state index is 14.6. The third-order valence-corrected chi connectivity index (χ3v) is 7.95. The van der Waals surface area contributed by atoms with Gasteiger partial charge in [-0.3, -0.25) is 9.59 Å². The third-order valence-electron chi connectivity index (χ3n) is 7.95. The molecule has 1 fully saturated rings. The molecule has 2 aliphatic rings. The smallest absolute Gasteiger partial charge is 0.291 e. The Balaban J connectivity index is 1.55. The van der Waals surface area contributed by atoms with Gasteiger partial charge in [-0.15, -0.1) is 0 Å². The highest BCUT2D eigenvalue weighted by atomic mass is 19.1. The Labute approximate surface area is 199 Å². The van der Waals surface area contributed by atoms with Gasteiger partial charge in [0.15, 0.2) is 5.82 Å². The molecule has 7 heteroatoms. The lowest BCUT2D eigenvalue weighted by Gasteiger charge is -2.45. The van der Waals surface area contributed by atoms with Gasteiger partial charge in [-0.1, -0.05) is 57.0 Å². The number of carbonyl (C=O) groups excluding carboxylic acids is 2. The Bertz CT molecular complexity index is 1250. The van der Waals surface area contributed by atoms with Gasteiger partial charge < -0.3 is 14.8 Å². The van der Waals surface area contributed by atoms with Crippen molar-refractivity contribution in [2.75, 3.05) is 0 Å². The molecule has 2 amide bonds. The normalized spacial score (nSPS) is 27.0. The maximum absolute atomic E-state index is 14.6. The van der Waals surface area contributed by atoms with Crippen LogP contribution in [0.1, 0.15) is 56.2 Å². The highest BCUT2D eigenvalue weighted by molar-refractivity contribution is 6.01. The fourth-order valence-electron chi connectivity index (χ4n) is 5.48. The number of benzene rings is 2. The maximum Gasteiger partial charge on any atom is 0.291 e. The fourth-order valence-corrected chi connectivity index (χ4v) is 5.48. The molecule has 1 aromatic heterocycles. The van der Waals surface area contributed by atoms with Crippen LogP contribution in [-0.4, -0.2) is 37.8 Å². The van der Waals surface area contributed by atoms with Gasteiger partial charge in [0.25, 0.3) is 5.91 Å². The minimum atomic E-state index is -1.20. The van der Waals surface area contributed by atoms with Crippen molar-refractivity contribution in [1.29, 1.82) is 0 Å². The quantitative estimate of drug-likeness (QED) is 0.619. The van der Waals surface area contributed by atoms with E-state index < -0.39 is 11.4 Å². The number of aromatic nitrogens is 2. The predicted octanol–water partition coefficient (Wildman–Crippen LogP) is 4.53. The molecule has 178 valence electrons. The van der Waals surface area contributed by atoms with Crippen LogP contribution in [0.15, 0.2) is 48.5 Å². The van der Waals surface area contributed by atoms with Crippen LogP contribution in [0.4, 0.5) is 4.39 Å². The highest BCUT2D eigenvalue weighted by Crippen LogP contribution is 2.34. The molecule has 4 atom stereocenters. The summed E-state index contributed by atoms with van der Waals surface area (Å²) in [6.45, 7) is 6.45. The molecule has 2 aromatic carbocycles. The number of imidazole rings is 1. The Hall–Kier alpha value is -3.22. The molecule has 2 heterocycles. The third kappa shape index (κ3) is 3.67. The molecule has 0 radical (unpaired) electrons. The van der Waals surface area contributed by atoms with E-state index in [4.69, 9.17) is 0 Å². The molecule has 34 heavy (non-hydrogen) atoms. The Kier molecular flexibility index (Phi) is 5.66. The average Bonchev–Trinajstić information content (AvgIpc) is 3.19. The van der Waals surface area contributed by atoms with Crippen molar-refractivity contribution < 1.29 is 14.0 Å². The first-order valence-corrected chi connectivity index (χ1v) is 12.1. The number of nitrogens with one attached hydrogen (secondary N) is 1. The van der Waals surface area contributed by atoms with Crippen molar-refractivity contribution in [3.05, 3.63) is 65.7 Å². The molecular formula is C27H31FN4O2. The summed E-state index contributed by atoms with van der Waals surface area (Å²) >= 11 is 0. The molecule has 0 saturated heterocycles. The van der Waals surface area contributed by atoms with Crippen molar-refractivity contribution in [3.8, 4) is 0 Å². The number of hydrogen-bond acceptors (Lipinski definition) is 3. The van der Waals surface area contributed by atoms with Crippen molar-refractivity contribution >= 4 is 22.8 Å². The molecule has 0 bridgehead atoms. The zero-order valence-corrected chi connectivity index (χ0v) is 19.9. The summed E-state index contributed by atoms with van der Waals surface area (Å²) in [5.41, 5.74) is 0.696. The minimum Gasteiger partial charge on any atom is -0.351 e. The second-order valence-corrected chi connectivity index (χ2v) is 10.1. The van der Waals surface area contributed by atoms with Crippen molar-refractivity contribution in [2.24, 2.45) is 11.8 Å². The minimum absolute atomic E-state index is 0.00471. The first-order chi connectivity index (χ1) is 16.3. The van der Waals surface area contributed by atoms with Gasteiger partial charge in [0, 0.05) is 11.6 Å². The van der Waals surface area contributed by atoms with E-state index in [1.54, 1.807) is 25.1 Å². The largest absolute Gasteiger partial charge is 0.351 e. The van der Waals surface area contributed by atoms with Gasteiger partial charge in [-0.05, 0) is 43.4 Å². The zero-order chi connectivity index (χ0) is 24.0. The number of para-hydroxylation sites is 2. The van der Waals surface area contributed by atoms with E-state index in [0.717, 1.165) is 24.8 Å². The van der Waals surface area contributed by atoms with Crippen LogP contribution in [0.25, 0.3) is 11.0 Å². The second-order valence-electron chi connectivity index (χ2n) is 10.1. The van der Waals surface area contributed by atoms with Gasteiger partial charge in [-0.2, -0.15) is 0 Å². The van der Waals surface area contributed by atoms with Gasteiger partial charge in [0.05, 0.1) is 24.1 Å². The summed E-state index contributed by atoms with van der Waals surface area (Å²) in [6.07, 6.45) is 3.16. The Morgan fingerprint density at radius 1 is 1.15 bits per heavy atom. The fraction of sp³-hybridized carbons (Fsp3) is 0.444. The lowest BCUT2D eigenvalue weighted by atomic mass is 9.77. The van der Waals surface area contributed by atoms with Crippen LogP contribution < -0.4 is 5.32 Å². The molecule has 0 unspecified atom stereocenters. The second kappa shape index (κ2) is 8.53. The summed E-state index contributed by atoms with van der Waals surface area (Å²) in [4.78, 5) is 33.7. The predicted molar refractivity (Wildman–Crippen MR) is 129 cm³/mol. The summed E-state index contributed by atoms with van der Waals surface area (Å²) in [6, 6.07) is 14.0. The average molecular weight is 463 g/mol. The van der Waals surface area contributed by atoms with Gasteiger partial charge >= 0.3 is 0 Å². The molecule has 3 aromatic rings. The molecule has 6 nitrogen and oxygen atoms in total. The molecular weight excluding hydrogens is 431 g/mol. The van der Waals surface area contributed by atoms with E-state index in [-0.39, 0.29) is 36.8 Å². The van der Waals surface area contributed by atoms with E-state index in [9.17, 15) is 14.0 Å². The van der Waals surface area contributed by atoms with E-state index in [1.807, 2.05) is 28.8 Å². The van der Waals surface area contributed by atoms with E-state index in [0.29, 0.717) is 22.9 Å². The number of carbonyl (C=O) groups is 2. The molecule has 1 aliphatic carbocycles. The summed E-state index contributed by atoms with van der Waals surface area (Å²) < 4.78 is 16.4. The number of fused-ring (bicyclic) bond motifs is 3. The van der Waals surface area contributed by atoms with Crippen LogP contribution in [0.5, 0.6) is 0 Å². The first-order valence-electron chi connectivity index (χ1n) is 12.1. The molecule has 1 aliphatic heterocycles. The van der Waals surface area contributed by atoms with Crippen LogP contribution >= 0.6 is 0 Å². The van der Waals surface area contributed by atoms with E-state index in [1.165, 1.54) is 11.0 Å². The molecule has 0 spiro atoms. The summed E-state index contributed by atoms with van der Waals surface area (Å²) in [5.74, 6) is 0.193. The molecule has 1 N–H and O–H groups in total. The monoisotopic (exact) mass is 462 g/mol. The van der Waals surface area contributed by atoms with Crippen LogP contribution in [0.2, 0.25) is 0 Å². The van der Waals surface area contributed by atoms with E-state index >= 15 is 0 Å². The van der Waals surface area contributed by atoms with Crippen LogP contribution in [-0.2, 0) is 17.9 Å². The first kappa shape index (κ1) is 22.6. The number of halogens is 1. The summed E-state index contributed by atoms with van der Waals surface area (Å²) in [7, 11) is 0. The number of nitrogens with zero attached hydrogens (tertiary/aromatic N) is 3. The van der Waals surface area contributed by atoms with Gasteiger partial charge in [0.1, 0.15) is 11.4 Å². The zero-order valence-electron chi connectivity index (χ0n) is 19.9. The van der Waals surface area contributed by atoms with Crippen molar-refractivity contribution in [2.45, 2.75) is 64.7 Å². The summed E-state index contributed by atoms with van der Waals surface area (Å²) in [5, 5.41) is 3.27. The van der Waals surface area contributed by atoms with Gasteiger partial charge in [-0.25, -0.2) is 9.37 Å². The Morgan fingerprint density at radius 2 is 1.88 bits per heavy atom. The standard InChI is InChI=1S/C27H31FN4O2/c1-17-9-8-13-21(18(17)2)30-26(34)27(3)16-31-23-14-7-6-12-22(23)29-24(31)25(33)32(27)15-19-10-4-5-11-20(19)28/h4-7,10-12,14,17-18,21H,8-9,13,15-16H2,1-3H3,(H,30,34)/t17-,18+,21+,27-/m1/s1. The molecule has 5 rings (SSSR count). The SMILES string of the molecule is C[C@H]1[C@H](C)CCC[C@@H]1NC(=O)[C@@]1(C)Cn2c(nc3ccccc32)C(=O)N1Cc1ccccc1F. The molecule has 1 saturated carbocycles. The number of rotatable bonds is 4. The lowest BCUT2D eigenvalue weighted by molar-refractivity contribution is -0.134. The topological polar surface area (TPSA) is 67.2 Å². The lowest BCUT2D eigenvalue weighted by Crippen LogP contribution is -2.65. The van der Waals surface area contributed by atoms with Crippen LogP contribution in [0.3, 0.4) is 0 Å². The highest BCUT2D eigenvalue weighted by Gasteiger charge is 2.49. The van der Waals surface area contributed by atoms with E-state index in [2.05, 4.69) is 24.1 Å².